The van der Waals surface area contributed by atoms with E-state index in [4.69, 9.17) is 0 Å². The highest BCUT2D eigenvalue weighted by molar-refractivity contribution is 7.12. The molecule has 0 bridgehead atoms. The highest BCUT2D eigenvalue weighted by Gasteiger charge is 2.18. The van der Waals surface area contributed by atoms with Crippen molar-refractivity contribution in [3.05, 3.63) is 62.6 Å². The van der Waals surface area contributed by atoms with E-state index in [1.54, 1.807) is 35.7 Å². The smallest absolute Gasteiger partial charge is 0.350 e. The van der Waals surface area contributed by atoms with Crippen LogP contribution in [0.15, 0.2) is 46.6 Å². The number of thiophene rings is 1. The number of carbonyl (C=O) groups excluding carboxylic acids is 2. The van der Waals surface area contributed by atoms with Crippen molar-refractivity contribution in [2.45, 2.75) is 0 Å². The third kappa shape index (κ3) is 2.86. The molecule has 1 amide bonds. The van der Waals surface area contributed by atoms with Gasteiger partial charge in [-0.05, 0) is 17.5 Å². The molecule has 0 aliphatic rings. The molecular weight excluding hydrogens is 316 g/mol. The number of esters is 1. The van der Waals surface area contributed by atoms with Gasteiger partial charge in [-0.15, -0.1) is 11.3 Å². The average molecular weight is 328 g/mol. The number of aromatic amines is 1. The number of carbonyl (C=O) groups is 2. The number of para-hydroxylation sites is 1. The van der Waals surface area contributed by atoms with Crippen LogP contribution in [0.4, 0.5) is 5.69 Å². The first-order valence-electron chi connectivity index (χ1n) is 6.69. The largest absolute Gasteiger partial charge is 0.465 e. The summed E-state index contributed by atoms with van der Waals surface area (Å²) >= 11 is 1.17. The Morgan fingerprint density at radius 3 is 2.78 bits per heavy atom. The van der Waals surface area contributed by atoms with Crippen LogP contribution in [0.25, 0.3) is 10.9 Å². The number of hydrogen-bond donors (Lipinski definition) is 2. The van der Waals surface area contributed by atoms with E-state index in [1.807, 2.05) is 0 Å². The van der Waals surface area contributed by atoms with Gasteiger partial charge in [-0.1, -0.05) is 18.2 Å². The molecule has 3 rings (SSSR count). The number of aromatic nitrogens is 1. The van der Waals surface area contributed by atoms with E-state index in [0.29, 0.717) is 21.5 Å². The first kappa shape index (κ1) is 15.0. The van der Waals surface area contributed by atoms with Crippen LogP contribution >= 0.6 is 11.3 Å². The van der Waals surface area contributed by atoms with E-state index in [0.717, 1.165) is 0 Å². The van der Waals surface area contributed by atoms with Crippen molar-refractivity contribution in [3.63, 3.8) is 0 Å². The fourth-order valence-corrected chi connectivity index (χ4v) is 3.01. The van der Waals surface area contributed by atoms with Gasteiger partial charge in [0, 0.05) is 17.0 Å². The molecule has 2 N–H and O–H groups in total. The van der Waals surface area contributed by atoms with Gasteiger partial charge in [0.2, 0.25) is 5.56 Å². The van der Waals surface area contributed by atoms with Gasteiger partial charge in [0.25, 0.3) is 5.91 Å². The Balaban J connectivity index is 2.01. The number of H-pyrrole nitrogens is 1. The zero-order valence-electron chi connectivity index (χ0n) is 12.1. The van der Waals surface area contributed by atoms with Crippen molar-refractivity contribution < 1.29 is 14.3 Å². The van der Waals surface area contributed by atoms with Crippen LogP contribution in [0.2, 0.25) is 0 Å². The highest BCUT2D eigenvalue weighted by atomic mass is 32.1. The maximum absolute atomic E-state index is 12.5. The Morgan fingerprint density at radius 2 is 2.00 bits per heavy atom. The Morgan fingerprint density at radius 1 is 1.22 bits per heavy atom. The number of amides is 1. The first-order valence-corrected chi connectivity index (χ1v) is 7.57. The molecule has 3 aromatic rings. The van der Waals surface area contributed by atoms with Crippen LogP contribution in [0.5, 0.6) is 0 Å². The van der Waals surface area contributed by atoms with Gasteiger partial charge in [0.1, 0.15) is 4.88 Å². The van der Waals surface area contributed by atoms with E-state index in [-0.39, 0.29) is 11.1 Å². The Hall–Kier alpha value is -2.93. The van der Waals surface area contributed by atoms with E-state index in [1.165, 1.54) is 24.5 Å². The summed E-state index contributed by atoms with van der Waals surface area (Å²) < 4.78 is 4.68. The van der Waals surface area contributed by atoms with E-state index in [2.05, 4.69) is 15.0 Å². The second-order valence-electron chi connectivity index (χ2n) is 4.70. The number of benzene rings is 1. The lowest BCUT2D eigenvalue weighted by Crippen LogP contribution is -2.17. The van der Waals surface area contributed by atoms with Crippen LogP contribution in [-0.2, 0) is 4.74 Å². The number of rotatable bonds is 3. The molecule has 7 heteroatoms. The lowest BCUT2D eigenvalue weighted by molar-refractivity contribution is 0.0607. The van der Waals surface area contributed by atoms with E-state index < -0.39 is 11.9 Å². The number of fused-ring (bicyclic) bond motifs is 1. The maximum atomic E-state index is 12.5. The van der Waals surface area contributed by atoms with Crippen molar-refractivity contribution in [2.24, 2.45) is 0 Å². The summed E-state index contributed by atoms with van der Waals surface area (Å²) in [5.74, 6) is -0.984. The predicted octanol–water partition coefficient (Wildman–Crippen LogP) is 2.63. The monoisotopic (exact) mass is 328 g/mol. The van der Waals surface area contributed by atoms with Gasteiger partial charge >= 0.3 is 5.97 Å². The fraction of sp³-hybridized carbons (Fsp3) is 0.0625. The molecule has 0 aliphatic carbocycles. The number of ether oxygens (including phenoxy) is 1. The molecule has 0 aliphatic heterocycles. The first-order chi connectivity index (χ1) is 11.1. The van der Waals surface area contributed by atoms with Gasteiger partial charge in [-0.25, -0.2) is 4.79 Å². The van der Waals surface area contributed by atoms with Crippen molar-refractivity contribution in [1.82, 2.24) is 4.98 Å². The molecule has 2 aromatic heterocycles. The zero-order chi connectivity index (χ0) is 16.4. The number of anilines is 1. The van der Waals surface area contributed by atoms with Crippen molar-refractivity contribution in [2.75, 3.05) is 12.4 Å². The van der Waals surface area contributed by atoms with Crippen LogP contribution in [0, 0.1) is 0 Å². The molecular formula is C16H12N2O4S. The minimum absolute atomic E-state index is 0.242. The standard InChI is InChI=1S/C16H12N2O4S/c1-22-16(21)14-12(6-7-23-14)18-15(20)10-8-13(19)17-11-5-3-2-4-9(10)11/h2-8H,1H3,(H,17,19)(H,18,20). The molecule has 23 heavy (non-hydrogen) atoms. The third-order valence-corrected chi connectivity index (χ3v) is 4.17. The van der Waals surface area contributed by atoms with Crippen molar-refractivity contribution in [3.8, 4) is 0 Å². The van der Waals surface area contributed by atoms with Gasteiger partial charge in [0.05, 0.1) is 18.4 Å². The van der Waals surface area contributed by atoms with Crippen LogP contribution in [-0.4, -0.2) is 24.0 Å². The van der Waals surface area contributed by atoms with E-state index >= 15 is 0 Å². The minimum Gasteiger partial charge on any atom is -0.465 e. The van der Waals surface area contributed by atoms with Crippen molar-refractivity contribution >= 4 is 39.8 Å². The highest BCUT2D eigenvalue weighted by Crippen LogP contribution is 2.24. The Bertz CT molecular complexity index is 958. The zero-order valence-corrected chi connectivity index (χ0v) is 12.9. The summed E-state index contributed by atoms with van der Waals surface area (Å²) in [6, 6.07) is 9.87. The summed E-state index contributed by atoms with van der Waals surface area (Å²) in [4.78, 5) is 38.9. The lowest BCUT2D eigenvalue weighted by atomic mass is 10.1. The number of methoxy groups -OCH3 is 1. The molecule has 6 nitrogen and oxygen atoms in total. The molecule has 0 spiro atoms. The summed E-state index contributed by atoms with van der Waals surface area (Å²) in [6.07, 6.45) is 0. The molecule has 0 unspecified atom stereocenters. The normalized spacial score (nSPS) is 10.5. The SMILES string of the molecule is COC(=O)c1sccc1NC(=O)c1cc(=O)[nH]c2ccccc12. The van der Waals surface area contributed by atoms with Crippen molar-refractivity contribution in [1.29, 1.82) is 0 Å². The molecule has 116 valence electrons. The molecule has 2 heterocycles. The van der Waals surface area contributed by atoms with Crippen LogP contribution in [0.1, 0.15) is 20.0 Å². The van der Waals surface area contributed by atoms with Gasteiger partial charge in [-0.3, -0.25) is 9.59 Å². The number of pyridine rings is 1. The number of hydrogen-bond acceptors (Lipinski definition) is 5. The van der Waals surface area contributed by atoms with Gasteiger partial charge in [-0.2, -0.15) is 0 Å². The molecule has 0 atom stereocenters. The summed E-state index contributed by atoms with van der Waals surface area (Å²) in [5.41, 5.74) is 0.804. The lowest BCUT2D eigenvalue weighted by Gasteiger charge is -2.08. The fourth-order valence-electron chi connectivity index (χ4n) is 2.24. The molecule has 0 saturated heterocycles. The summed E-state index contributed by atoms with van der Waals surface area (Å²) in [6.45, 7) is 0. The Kier molecular flexibility index (Phi) is 3.94. The minimum atomic E-state index is -0.522. The topological polar surface area (TPSA) is 88.3 Å². The maximum Gasteiger partial charge on any atom is 0.350 e. The van der Waals surface area contributed by atoms with Gasteiger partial charge < -0.3 is 15.0 Å². The molecule has 1 aromatic carbocycles. The van der Waals surface area contributed by atoms with Gasteiger partial charge in [0.15, 0.2) is 0 Å². The number of nitrogens with one attached hydrogen (secondary N) is 2. The summed E-state index contributed by atoms with van der Waals surface area (Å²) in [7, 11) is 1.28. The second-order valence-corrected chi connectivity index (χ2v) is 5.62. The quantitative estimate of drug-likeness (QED) is 0.723. The van der Waals surface area contributed by atoms with Crippen LogP contribution < -0.4 is 10.9 Å². The summed E-state index contributed by atoms with van der Waals surface area (Å²) in [5, 5.41) is 4.96. The third-order valence-electron chi connectivity index (χ3n) is 3.28. The van der Waals surface area contributed by atoms with Crippen LogP contribution in [0.3, 0.4) is 0 Å². The van der Waals surface area contributed by atoms with E-state index in [9.17, 15) is 14.4 Å². The second kappa shape index (κ2) is 6.05. The molecule has 0 saturated carbocycles. The Labute approximate surface area is 134 Å². The average Bonchev–Trinajstić information content (AvgIpc) is 3.01. The molecule has 0 fully saturated rings. The predicted molar refractivity (Wildman–Crippen MR) is 88.2 cm³/mol. The molecule has 0 radical (unpaired) electrons.